The molecule has 12 heavy (non-hydrogen) atoms. The van der Waals surface area contributed by atoms with Crippen LogP contribution in [0.15, 0.2) is 24.8 Å². The van der Waals surface area contributed by atoms with Crippen LogP contribution in [-0.2, 0) is 0 Å². The maximum absolute atomic E-state index is 5.68. The van der Waals surface area contributed by atoms with Crippen LogP contribution >= 0.6 is 0 Å². The van der Waals surface area contributed by atoms with Gasteiger partial charge in [0.15, 0.2) is 0 Å². The average Bonchev–Trinajstić information content (AvgIpc) is 2.01. The highest BCUT2D eigenvalue weighted by molar-refractivity contribution is 5.45. The van der Waals surface area contributed by atoms with Gasteiger partial charge < -0.3 is 17.2 Å². The molecule has 0 spiro atoms. The van der Waals surface area contributed by atoms with Crippen LogP contribution in [0.5, 0.6) is 0 Å². The summed E-state index contributed by atoms with van der Waals surface area (Å²) in [7, 11) is 0. The van der Waals surface area contributed by atoms with Gasteiger partial charge in [0.25, 0.3) is 0 Å². The third-order valence-electron chi connectivity index (χ3n) is 1.53. The molecule has 0 amide bonds. The van der Waals surface area contributed by atoms with Crippen molar-refractivity contribution in [2.75, 3.05) is 11.5 Å². The van der Waals surface area contributed by atoms with Crippen molar-refractivity contribution in [3.05, 3.63) is 30.4 Å². The minimum Gasteiger partial charge on any atom is -0.384 e. The van der Waals surface area contributed by atoms with E-state index >= 15 is 0 Å². The van der Waals surface area contributed by atoms with Gasteiger partial charge in [-0.2, -0.15) is 0 Å². The smallest absolute Gasteiger partial charge is 0.126 e. The molecule has 64 valence electrons. The van der Waals surface area contributed by atoms with Crippen LogP contribution in [0, 0.1) is 0 Å². The molecule has 6 N–H and O–H groups in total. The van der Waals surface area contributed by atoms with Crippen LogP contribution in [0.25, 0.3) is 0 Å². The van der Waals surface area contributed by atoms with E-state index in [9.17, 15) is 0 Å². The number of nitrogens with zero attached hydrogens (tertiary/aromatic N) is 1. The van der Waals surface area contributed by atoms with E-state index in [1.165, 1.54) is 0 Å². The molecule has 0 aliphatic heterocycles. The summed E-state index contributed by atoms with van der Waals surface area (Å²) in [6.45, 7) is 3.57. The molecule has 1 atom stereocenters. The molecular formula is C8H12N4. The summed E-state index contributed by atoms with van der Waals surface area (Å²) in [5.74, 6) is 0.754. The predicted molar refractivity (Wildman–Crippen MR) is 50.2 cm³/mol. The van der Waals surface area contributed by atoms with E-state index in [2.05, 4.69) is 11.6 Å². The molecule has 0 aliphatic carbocycles. The number of anilines is 2. The molecule has 0 saturated heterocycles. The Bertz CT molecular complexity index is 275. The van der Waals surface area contributed by atoms with Crippen LogP contribution in [0.3, 0.4) is 0 Å². The fraction of sp³-hybridized carbons (Fsp3) is 0.125. The monoisotopic (exact) mass is 164 g/mol. The van der Waals surface area contributed by atoms with E-state index < -0.39 is 0 Å². The number of hydrogen-bond donors (Lipinski definition) is 3. The van der Waals surface area contributed by atoms with Crippen molar-refractivity contribution in [1.29, 1.82) is 0 Å². The summed E-state index contributed by atoms with van der Waals surface area (Å²) in [6.07, 6.45) is 1.62. The Morgan fingerprint density at radius 1 is 1.33 bits per heavy atom. The Hall–Kier alpha value is -1.55. The van der Waals surface area contributed by atoms with Gasteiger partial charge in [0.05, 0.1) is 0 Å². The van der Waals surface area contributed by atoms with Crippen molar-refractivity contribution >= 4 is 11.6 Å². The van der Waals surface area contributed by atoms with Crippen molar-refractivity contribution in [1.82, 2.24) is 4.98 Å². The van der Waals surface area contributed by atoms with Crippen LogP contribution in [0.4, 0.5) is 11.6 Å². The standard InChI is InChI=1S/C8H12N4/c1-2-6(9)5-3-7(10)12-8(11)4-5/h2-4,6H,1,9H2,(H4,10,11,12)/t6-/m1/s1. The van der Waals surface area contributed by atoms with Crippen molar-refractivity contribution in [3.8, 4) is 0 Å². The van der Waals surface area contributed by atoms with Gasteiger partial charge >= 0.3 is 0 Å². The Balaban J connectivity index is 3.08. The van der Waals surface area contributed by atoms with Crippen LogP contribution in [0.1, 0.15) is 11.6 Å². The minimum atomic E-state index is -0.238. The van der Waals surface area contributed by atoms with E-state index in [0.29, 0.717) is 11.6 Å². The van der Waals surface area contributed by atoms with Crippen LogP contribution in [-0.4, -0.2) is 4.98 Å². The second-order valence-electron chi connectivity index (χ2n) is 2.51. The summed E-state index contributed by atoms with van der Waals surface area (Å²) in [5.41, 5.74) is 17.4. The van der Waals surface area contributed by atoms with Crippen LogP contribution in [0.2, 0.25) is 0 Å². The lowest BCUT2D eigenvalue weighted by atomic mass is 10.1. The highest BCUT2D eigenvalue weighted by atomic mass is 14.9. The van der Waals surface area contributed by atoms with E-state index in [1.807, 2.05) is 0 Å². The third kappa shape index (κ3) is 1.73. The first-order chi connectivity index (χ1) is 5.63. The molecule has 4 nitrogen and oxygen atoms in total. The molecule has 0 unspecified atom stereocenters. The number of hydrogen-bond acceptors (Lipinski definition) is 4. The molecule has 1 heterocycles. The molecule has 1 aromatic heterocycles. The van der Waals surface area contributed by atoms with Gasteiger partial charge in [0, 0.05) is 6.04 Å². The van der Waals surface area contributed by atoms with Crippen LogP contribution < -0.4 is 17.2 Å². The molecule has 0 fully saturated rings. The maximum Gasteiger partial charge on any atom is 0.126 e. The summed E-state index contributed by atoms with van der Waals surface area (Å²) < 4.78 is 0. The van der Waals surface area contributed by atoms with Gasteiger partial charge in [-0.05, 0) is 17.7 Å². The number of pyridine rings is 1. The number of nitrogens with two attached hydrogens (primary N) is 3. The SMILES string of the molecule is C=C[C@@H](N)c1cc(N)nc(N)c1. The van der Waals surface area contributed by atoms with E-state index in [0.717, 1.165) is 5.56 Å². The first-order valence-electron chi connectivity index (χ1n) is 3.54. The normalized spacial score (nSPS) is 12.4. The summed E-state index contributed by atoms with van der Waals surface area (Å²) >= 11 is 0. The van der Waals surface area contributed by atoms with Gasteiger partial charge in [-0.25, -0.2) is 4.98 Å². The molecule has 1 aromatic rings. The van der Waals surface area contributed by atoms with Crippen molar-refractivity contribution in [3.63, 3.8) is 0 Å². The van der Waals surface area contributed by atoms with Crippen molar-refractivity contribution < 1.29 is 0 Å². The van der Waals surface area contributed by atoms with E-state index in [4.69, 9.17) is 17.2 Å². The van der Waals surface area contributed by atoms with Gasteiger partial charge in [0.2, 0.25) is 0 Å². The maximum atomic E-state index is 5.68. The molecule has 0 saturated carbocycles. The van der Waals surface area contributed by atoms with Gasteiger partial charge in [-0.15, -0.1) is 6.58 Å². The summed E-state index contributed by atoms with van der Waals surface area (Å²) in [4.78, 5) is 3.82. The predicted octanol–water partition coefficient (Wildman–Crippen LogP) is 0.432. The molecule has 1 rings (SSSR count). The Morgan fingerprint density at radius 3 is 2.25 bits per heavy atom. The first-order valence-corrected chi connectivity index (χ1v) is 3.54. The lowest BCUT2D eigenvalue weighted by molar-refractivity contribution is 0.912. The molecule has 4 heteroatoms. The fourth-order valence-electron chi connectivity index (χ4n) is 0.925. The zero-order chi connectivity index (χ0) is 9.14. The molecule has 0 radical (unpaired) electrons. The lowest BCUT2D eigenvalue weighted by Crippen LogP contribution is -2.08. The summed E-state index contributed by atoms with van der Waals surface area (Å²) in [5, 5.41) is 0. The number of aromatic nitrogens is 1. The molecule has 0 bridgehead atoms. The zero-order valence-corrected chi connectivity index (χ0v) is 6.70. The second-order valence-corrected chi connectivity index (χ2v) is 2.51. The number of nitrogen functional groups attached to an aromatic ring is 2. The zero-order valence-electron chi connectivity index (χ0n) is 6.70. The highest BCUT2D eigenvalue weighted by Crippen LogP contribution is 2.15. The van der Waals surface area contributed by atoms with E-state index in [1.54, 1.807) is 18.2 Å². The molecular weight excluding hydrogens is 152 g/mol. The van der Waals surface area contributed by atoms with Gasteiger partial charge in [-0.1, -0.05) is 6.08 Å². The highest BCUT2D eigenvalue weighted by Gasteiger charge is 2.03. The Morgan fingerprint density at radius 2 is 1.83 bits per heavy atom. The second kappa shape index (κ2) is 3.23. The molecule has 0 aliphatic rings. The first kappa shape index (κ1) is 8.55. The third-order valence-corrected chi connectivity index (χ3v) is 1.53. The summed E-state index contributed by atoms with van der Waals surface area (Å²) in [6, 6.07) is 3.13. The van der Waals surface area contributed by atoms with Crippen molar-refractivity contribution in [2.45, 2.75) is 6.04 Å². The Kier molecular flexibility index (Phi) is 2.30. The Labute approximate surface area is 71.1 Å². The quantitative estimate of drug-likeness (QED) is 0.553. The minimum absolute atomic E-state index is 0.238. The number of rotatable bonds is 2. The van der Waals surface area contributed by atoms with Gasteiger partial charge in [-0.3, -0.25) is 0 Å². The topological polar surface area (TPSA) is 91.0 Å². The molecule has 0 aromatic carbocycles. The largest absolute Gasteiger partial charge is 0.384 e. The van der Waals surface area contributed by atoms with Gasteiger partial charge in [0.1, 0.15) is 11.6 Å². The van der Waals surface area contributed by atoms with E-state index in [-0.39, 0.29) is 6.04 Å². The fourth-order valence-corrected chi connectivity index (χ4v) is 0.925. The lowest BCUT2D eigenvalue weighted by Gasteiger charge is -2.07. The average molecular weight is 164 g/mol. The van der Waals surface area contributed by atoms with Crippen molar-refractivity contribution in [2.24, 2.45) is 5.73 Å².